The molecule has 3 aromatic rings. The lowest BCUT2D eigenvalue weighted by molar-refractivity contribution is -0.183. The average molecular weight is 437 g/mol. The van der Waals surface area contributed by atoms with Crippen LogP contribution in [0.15, 0.2) is 91.0 Å². The average Bonchev–Trinajstić information content (AvgIpc) is 2.84. The molecule has 5 nitrogen and oxygen atoms in total. The van der Waals surface area contributed by atoms with Gasteiger partial charge in [0.2, 0.25) is 0 Å². The van der Waals surface area contributed by atoms with Crippen LogP contribution in [0, 0.1) is 0 Å². The smallest absolute Gasteiger partial charge is 0.115 e. The van der Waals surface area contributed by atoms with Gasteiger partial charge in [0.05, 0.1) is 32.5 Å². The molecular formula is C27H32O5. The van der Waals surface area contributed by atoms with Gasteiger partial charge in [-0.25, -0.2) is 0 Å². The first-order valence-electron chi connectivity index (χ1n) is 10.9. The molecule has 0 saturated heterocycles. The quantitative estimate of drug-likeness (QED) is 0.422. The first-order valence-corrected chi connectivity index (χ1v) is 10.9. The van der Waals surface area contributed by atoms with Gasteiger partial charge in [-0.05, 0) is 23.6 Å². The van der Waals surface area contributed by atoms with Gasteiger partial charge in [-0.1, -0.05) is 91.0 Å². The lowest BCUT2D eigenvalue weighted by Crippen LogP contribution is -2.49. The third-order valence-corrected chi connectivity index (χ3v) is 5.22. The van der Waals surface area contributed by atoms with E-state index >= 15 is 0 Å². The minimum Gasteiger partial charge on any atom is -0.394 e. The number of hydrogen-bond donors (Lipinski definition) is 2. The Morgan fingerprint density at radius 1 is 0.594 bits per heavy atom. The fourth-order valence-corrected chi connectivity index (χ4v) is 3.48. The highest BCUT2D eigenvalue weighted by Gasteiger charge is 2.35. The lowest BCUT2D eigenvalue weighted by atomic mass is 10.0. The third kappa shape index (κ3) is 7.55. The molecule has 2 N–H and O–H groups in total. The summed E-state index contributed by atoms with van der Waals surface area (Å²) in [6, 6.07) is 29.3. The van der Waals surface area contributed by atoms with E-state index in [0.717, 1.165) is 16.7 Å². The summed E-state index contributed by atoms with van der Waals surface area (Å²) in [5.41, 5.74) is 2.97. The molecule has 0 unspecified atom stereocenters. The van der Waals surface area contributed by atoms with E-state index in [1.165, 1.54) is 0 Å². The summed E-state index contributed by atoms with van der Waals surface area (Å²) in [6.07, 6.45) is -2.86. The van der Waals surface area contributed by atoms with E-state index in [0.29, 0.717) is 19.8 Å². The summed E-state index contributed by atoms with van der Waals surface area (Å²) in [4.78, 5) is 0. The Hall–Kier alpha value is -2.54. The van der Waals surface area contributed by atoms with Crippen molar-refractivity contribution in [2.75, 3.05) is 6.61 Å². The highest BCUT2D eigenvalue weighted by atomic mass is 16.6. The van der Waals surface area contributed by atoms with Gasteiger partial charge in [0.1, 0.15) is 18.3 Å². The van der Waals surface area contributed by atoms with Gasteiger partial charge in [-0.2, -0.15) is 0 Å². The number of aliphatic hydroxyl groups excluding tert-OH is 2. The number of hydrogen-bond acceptors (Lipinski definition) is 5. The molecule has 32 heavy (non-hydrogen) atoms. The van der Waals surface area contributed by atoms with E-state index in [1.54, 1.807) is 6.92 Å². The zero-order chi connectivity index (χ0) is 22.6. The van der Waals surface area contributed by atoms with E-state index in [9.17, 15) is 10.2 Å². The van der Waals surface area contributed by atoms with Crippen LogP contribution < -0.4 is 0 Å². The second kappa shape index (κ2) is 13.1. The minimum absolute atomic E-state index is 0.260. The van der Waals surface area contributed by atoms with Gasteiger partial charge >= 0.3 is 0 Å². The number of ether oxygens (including phenoxy) is 3. The van der Waals surface area contributed by atoms with E-state index in [2.05, 4.69) is 0 Å². The van der Waals surface area contributed by atoms with Crippen LogP contribution >= 0.6 is 0 Å². The maximum atomic E-state index is 10.5. The molecule has 0 amide bonds. The van der Waals surface area contributed by atoms with Crippen molar-refractivity contribution in [3.63, 3.8) is 0 Å². The minimum atomic E-state index is -0.825. The molecule has 4 atom stereocenters. The Morgan fingerprint density at radius 2 is 0.969 bits per heavy atom. The standard InChI is InChI=1S/C27H32O5/c1-21(29)26(31-19-23-13-7-3-8-14-23)27(32-20-24-15-9-4-10-16-24)25(17-28)30-18-22-11-5-2-6-12-22/h2-16,21,25-29H,17-20H2,1H3/t21-,25-,26+,27+/m1/s1. The van der Waals surface area contributed by atoms with Crippen LogP contribution in [0.4, 0.5) is 0 Å². The molecule has 3 aromatic carbocycles. The highest BCUT2D eigenvalue weighted by Crippen LogP contribution is 2.20. The normalized spacial score (nSPS) is 15.1. The zero-order valence-corrected chi connectivity index (χ0v) is 18.4. The summed E-state index contributed by atoms with van der Waals surface area (Å²) in [5, 5.41) is 20.7. The molecule has 170 valence electrons. The van der Waals surface area contributed by atoms with Crippen molar-refractivity contribution >= 4 is 0 Å². The largest absolute Gasteiger partial charge is 0.394 e. The third-order valence-electron chi connectivity index (χ3n) is 5.22. The Bertz CT molecular complexity index is 870. The zero-order valence-electron chi connectivity index (χ0n) is 18.4. The van der Waals surface area contributed by atoms with Crippen LogP contribution in [-0.4, -0.2) is 41.2 Å². The van der Waals surface area contributed by atoms with Gasteiger partial charge in [-0.15, -0.1) is 0 Å². The molecule has 0 bridgehead atoms. The predicted octanol–water partition coefficient (Wildman–Crippen LogP) is 4.12. The molecule has 5 heteroatoms. The molecular weight excluding hydrogens is 404 g/mol. The maximum absolute atomic E-state index is 10.5. The molecule has 0 saturated carbocycles. The van der Waals surface area contributed by atoms with Crippen molar-refractivity contribution in [1.82, 2.24) is 0 Å². The second-order valence-electron chi connectivity index (χ2n) is 7.78. The SMILES string of the molecule is C[C@@H](O)[C@H](OCc1ccccc1)[C@@H](OCc1ccccc1)[C@@H](CO)OCc1ccccc1. The second-order valence-corrected chi connectivity index (χ2v) is 7.78. The Balaban J connectivity index is 1.75. The van der Waals surface area contributed by atoms with Crippen LogP contribution in [0.3, 0.4) is 0 Å². The van der Waals surface area contributed by atoms with Gasteiger partial charge in [0, 0.05) is 0 Å². The fourth-order valence-electron chi connectivity index (χ4n) is 3.48. The Labute approximate surface area is 190 Å². The van der Waals surface area contributed by atoms with Crippen LogP contribution in [0.5, 0.6) is 0 Å². The van der Waals surface area contributed by atoms with Crippen molar-refractivity contribution < 1.29 is 24.4 Å². The molecule has 0 radical (unpaired) electrons. The maximum Gasteiger partial charge on any atom is 0.115 e. The molecule has 0 spiro atoms. The van der Waals surface area contributed by atoms with Crippen LogP contribution in [-0.2, 0) is 34.0 Å². The summed E-state index contributed by atoms with van der Waals surface area (Å²) >= 11 is 0. The summed E-state index contributed by atoms with van der Waals surface area (Å²) in [7, 11) is 0. The highest BCUT2D eigenvalue weighted by molar-refractivity contribution is 5.15. The number of aliphatic hydroxyl groups is 2. The molecule has 0 aliphatic heterocycles. The van der Waals surface area contributed by atoms with E-state index in [4.69, 9.17) is 14.2 Å². The first kappa shape index (κ1) is 24.1. The van der Waals surface area contributed by atoms with Gasteiger partial charge in [0.15, 0.2) is 0 Å². The van der Waals surface area contributed by atoms with Gasteiger partial charge < -0.3 is 24.4 Å². The number of rotatable bonds is 13. The van der Waals surface area contributed by atoms with Crippen molar-refractivity contribution in [1.29, 1.82) is 0 Å². The van der Waals surface area contributed by atoms with Crippen LogP contribution in [0.1, 0.15) is 23.6 Å². The number of benzene rings is 3. The molecule has 0 aliphatic carbocycles. The summed E-state index contributed by atoms with van der Waals surface area (Å²) in [5.74, 6) is 0. The summed E-state index contributed by atoms with van der Waals surface area (Å²) < 4.78 is 18.4. The monoisotopic (exact) mass is 436 g/mol. The van der Waals surface area contributed by atoms with E-state index < -0.39 is 24.4 Å². The van der Waals surface area contributed by atoms with Crippen LogP contribution in [0.25, 0.3) is 0 Å². The lowest BCUT2D eigenvalue weighted by Gasteiger charge is -2.34. The van der Waals surface area contributed by atoms with Crippen molar-refractivity contribution in [3.05, 3.63) is 108 Å². The van der Waals surface area contributed by atoms with E-state index in [1.807, 2.05) is 91.0 Å². The topological polar surface area (TPSA) is 68.2 Å². The van der Waals surface area contributed by atoms with Crippen molar-refractivity contribution in [2.24, 2.45) is 0 Å². The van der Waals surface area contributed by atoms with Gasteiger partial charge in [-0.3, -0.25) is 0 Å². The van der Waals surface area contributed by atoms with Gasteiger partial charge in [0.25, 0.3) is 0 Å². The van der Waals surface area contributed by atoms with Crippen LogP contribution in [0.2, 0.25) is 0 Å². The van der Waals surface area contributed by atoms with Crippen molar-refractivity contribution in [2.45, 2.75) is 51.2 Å². The molecule has 0 aliphatic rings. The molecule has 0 aromatic heterocycles. The Morgan fingerprint density at radius 3 is 1.34 bits per heavy atom. The van der Waals surface area contributed by atoms with Crippen molar-refractivity contribution in [3.8, 4) is 0 Å². The predicted molar refractivity (Wildman–Crippen MR) is 124 cm³/mol. The molecule has 0 fully saturated rings. The Kier molecular flexibility index (Phi) is 9.88. The summed E-state index contributed by atoms with van der Waals surface area (Å²) in [6.45, 7) is 2.36. The van der Waals surface area contributed by atoms with E-state index in [-0.39, 0.29) is 6.61 Å². The molecule has 0 heterocycles. The molecule has 3 rings (SSSR count). The fraction of sp³-hybridized carbons (Fsp3) is 0.333. The first-order chi connectivity index (χ1) is 15.7.